The van der Waals surface area contributed by atoms with Crippen LogP contribution in [0.2, 0.25) is 0 Å². The van der Waals surface area contributed by atoms with Gasteiger partial charge in [0.15, 0.2) is 31.5 Å². The van der Waals surface area contributed by atoms with Crippen LogP contribution >= 0.6 is 0 Å². The van der Waals surface area contributed by atoms with Gasteiger partial charge in [0.1, 0.15) is 122 Å². The van der Waals surface area contributed by atoms with Crippen LogP contribution in [0.5, 0.6) is 0 Å². The van der Waals surface area contributed by atoms with E-state index in [0.29, 0.717) is 0 Å². The molecular formula is C30H52O26. The lowest BCUT2D eigenvalue weighted by Gasteiger charge is -2.44. The molecule has 0 spiro atoms. The fourth-order valence-electron chi connectivity index (χ4n) is 6.61. The predicted octanol–water partition coefficient (Wildman–Crippen LogP) is -11.9. The van der Waals surface area contributed by atoms with E-state index in [0.717, 1.165) is 0 Å². The van der Waals surface area contributed by atoms with Crippen molar-refractivity contribution in [3.05, 3.63) is 0 Å². The second-order valence-electron chi connectivity index (χ2n) is 14.1. The first-order valence-corrected chi connectivity index (χ1v) is 17.6. The summed E-state index contributed by atoms with van der Waals surface area (Å²) < 4.78 is 48.5. The van der Waals surface area contributed by atoms with Crippen molar-refractivity contribution in [2.45, 2.75) is 154 Å². The summed E-state index contributed by atoms with van der Waals surface area (Å²) in [6.45, 7) is -3.57. The van der Waals surface area contributed by atoms with E-state index in [9.17, 15) is 86.8 Å². The predicted molar refractivity (Wildman–Crippen MR) is 167 cm³/mol. The molecular weight excluding hydrogens is 776 g/mol. The summed E-state index contributed by atoms with van der Waals surface area (Å²) in [4.78, 5) is 0. The second kappa shape index (κ2) is 19.6. The summed E-state index contributed by atoms with van der Waals surface area (Å²) in [7, 11) is 0. The van der Waals surface area contributed by atoms with Gasteiger partial charge < -0.3 is 129 Å². The molecule has 56 heavy (non-hydrogen) atoms. The van der Waals surface area contributed by atoms with Gasteiger partial charge >= 0.3 is 0 Å². The molecule has 5 fully saturated rings. The monoisotopic (exact) mass is 828 g/mol. The Morgan fingerprint density at radius 2 is 0.500 bits per heavy atom. The molecule has 5 saturated heterocycles. The van der Waals surface area contributed by atoms with E-state index in [1.54, 1.807) is 0 Å². The molecule has 0 bridgehead atoms. The quantitative estimate of drug-likeness (QED) is 0.0819. The molecule has 0 saturated carbocycles. The zero-order valence-corrected chi connectivity index (χ0v) is 29.2. The van der Waals surface area contributed by atoms with Crippen LogP contribution in [0.3, 0.4) is 0 Å². The fourth-order valence-corrected chi connectivity index (χ4v) is 6.61. The number of aliphatic hydroxyl groups excluding tert-OH is 17. The third-order valence-electron chi connectivity index (χ3n) is 10.2. The molecule has 26 heteroatoms. The standard InChI is InChI=1S/C30H52O26/c31-1-6-11(32)17(38)22(43)27(53-6)49-3-8-13(34)19(40)24(45)29(55-8)51-5-10-15(36)20(41)25(46)30(56-10)50-4-9-14(35)18(39)23(44)28(54-9)48-2-7-12(33)16(37)21(42)26(47)52-7/h6-47H,1-5H2/t6-,7-,8-,9-,10-,11-,12-,13-,14-,15-,16+,17+,18+,19+,20+,21-,22-,23-,24-,25-,26-,27-,28-,29-,30-/m1/s1. The van der Waals surface area contributed by atoms with Crippen molar-refractivity contribution in [2.75, 3.05) is 33.0 Å². The maximum absolute atomic E-state index is 10.6. The molecule has 25 atom stereocenters. The van der Waals surface area contributed by atoms with Gasteiger partial charge in [-0.1, -0.05) is 0 Å². The van der Waals surface area contributed by atoms with E-state index in [1.165, 1.54) is 0 Å². The molecule has 328 valence electrons. The maximum Gasteiger partial charge on any atom is 0.186 e. The average Bonchev–Trinajstić information content (AvgIpc) is 3.18. The second-order valence-corrected chi connectivity index (χ2v) is 14.1. The molecule has 0 aromatic rings. The Hall–Kier alpha value is -1.04. The molecule has 5 aliphatic heterocycles. The summed E-state index contributed by atoms with van der Waals surface area (Å²) in [5.41, 5.74) is 0. The number of hydrogen-bond acceptors (Lipinski definition) is 26. The van der Waals surface area contributed by atoms with E-state index in [2.05, 4.69) is 0 Å². The van der Waals surface area contributed by atoms with Crippen molar-refractivity contribution in [3.8, 4) is 0 Å². The highest BCUT2D eigenvalue weighted by molar-refractivity contribution is 4.95. The number of ether oxygens (including phenoxy) is 9. The number of hydrogen-bond donors (Lipinski definition) is 17. The van der Waals surface area contributed by atoms with Crippen LogP contribution in [-0.4, -0.2) is 273 Å². The van der Waals surface area contributed by atoms with Crippen LogP contribution < -0.4 is 0 Å². The van der Waals surface area contributed by atoms with Gasteiger partial charge in [0.05, 0.1) is 33.0 Å². The number of aliphatic hydroxyl groups is 17. The van der Waals surface area contributed by atoms with E-state index in [1.807, 2.05) is 0 Å². The molecule has 5 heterocycles. The molecule has 0 aromatic carbocycles. The summed E-state index contributed by atoms with van der Waals surface area (Å²) in [6.07, 6.45) is -44.0. The first kappa shape index (κ1) is 46.0. The van der Waals surface area contributed by atoms with Gasteiger partial charge in [0.2, 0.25) is 0 Å². The van der Waals surface area contributed by atoms with Crippen molar-refractivity contribution in [1.29, 1.82) is 0 Å². The van der Waals surface area contributed by atoms with Crippen LogP contribution in [0, 0.1) is 0 Å². The summed E-state index contributed by atoms with van der Waals surface area (Å²) in [6, 6.07) is 0. The highest BCUT2D eigenvalue weighted by Crippen LogP contribution is 2.30. The minimum absolute atomic E-state index is 0.669. The summed E-state index contributed by atoms with van der Waals surface area (Å²) >= 11 is 0. The highest BCUT2D eigenvalue weighted by atomic mass is 16.8. The molecule has 0 amide bonds. The Kier molecular flexibility index (Phi) is 16.1. The van der Waals surface area contributed by atoms with Crippen molar-refractivity contribution < 1.29 is 129 Å². The zero-order valence-electron chi connectivity index (χ0n) is 29.2. The van der Waals surface area contributed by atoms with Crippen molar-refractivity contribution in [3.63, 3.8) is 0 Å². The Morgan fingerprint density at radius 1 is 0.268 bits per heavy atom. The topological polar surface area (TPSA) is 427 Å². The third-order valence-corrected chi connectivity index (χ3v) is 10.2. The Balaban J connectivity index is 1.15. The first-order chi connectivity index (χ1) is 26.4. The van der Waals surface area contributed by atoms with Gasteiger partial charge in [-0.3, -0.25) is 0 Å². The van der Waals surface area contributed by atoms with Crippen LogP contribution in [0.1, 0.15) is 0 Å². The Bertz CT molecular complexity index is 1210. The largest absolute Gasteiger partial charge is 0.394 e. The molecule has 0 aromatic heterocycles. The Labute approximate surface area is 316 Å². The van der Waals surface area contributed by atoms with Crippen LogP contribution in [0.4, 0.5) is 0 Å². The maximum atomic E-state index is 10.6. The van der Waals surface area contributed by atoms with E-state index >= 15 is 0 Å². The lowest BCUT2D eigenvalue weighted by atomic mass is 9.97. The lowest BCUT2D eigenvalue weighted by molar-refractivity contribution is -0.350. The normalized spacial score (nSPS) is 53.2. The molecule has 0 radical (unpaired) electrons. The SMILES string of the molecule is OC[C@H]1O[C@@H](OC[C@H]2O[C@@H](OC[C@H]3O[C@@H](OC[C@H]4O[C@@H](OC[C@H]5O[C@@H](O)[C@H](O)[C@@H](O)[C@@H]5O)[C@H](O)[C@@H](O)[C@@H]4O)[C@H](O)[C@@H](O)[C@@H]3O)[C@H](O)[C@@H](O)[C@@H]2O)[C@H](O)[C@@H](O)[C@@H]1O. The van der Waals surface area contributed by atoms with E-state index in [4.69, 9.17) is 42.6 Å². The van der Waals surface area contributed by atoms with Gasteiger partial charge in [-0.25, -0.2) is 0 Å². The van der Waals surface area contributed by atoms with Crippen molar-refractivity contribution in [2.24, 2.45) is 0 Å². The van der Waals surface area contributed by atoms with Crippen molar-refractivity contribution in [1.82, 2.24) is 0 Å². The molecule has 5 aliphatic rings. The van der Waals surface area contributed by atoms with Crippen molar-refractivity contribution >= 4 is 0 Å². The molecule has 26 nitrogen and oxygen atoms in total. The summed E-state index contributed by atoms with van der Waals surface area (Å²) in [5, 5.41) is 173. The van der Waals surface area contributed by atoms with Crippen LogP contribution in [-0.2, 0) is 42.6 Å². The average molecular weight is 829 g/mol. The van der Waals surface area contributed by atoms with Gasteiger partial charge in [0.25, 0.3) is 0 Å². The van der Waals surface area contributed by atoms with Crippen LogP contribution in [0.15, 0.2) is 0 Å². The minimum Gasteiger partial charge on any atom is -0.394 e. The first-order valence-electron chi connectivity index (χ1n) is 17.6. The highest BCUT2D eigenvalue weighted by Gasteiger charge is 2.51. The molecule has 0 aliphatic carbocycles. The van der Waals surface area contributed by atoms with Gasteiger partial charge in [0, 0.05) is 0 Å². The molecule has 17 N–H and O–H groups in total. The van der Waals surface area contributed by atoms with Gasteiger partial charge in [-0.15, -0.1) is 0 Å². The third kappa shape index (κ3) is 9.77. The number of rotatable bonds is 13. The zero-order chi connectivity index (χ0) is 41.3. The van der Waals surface area contributed by atoms with Crippen LogP contribution in [0.25, 0.3) is 0 Å². The van der Waals surface area contributed by atoms with Gasteiger partial charge in [-0.2, -0.15) is 0 Å². The fraction of sp³-hybridized carbons (Fsp3) is 1.00. The molecule has 5 rings (SSSR count). The lowest BCUT2D eigenvalue weighted by Crippen LogP contribution is -2.63. The van der Waals surface area contributed by atoms with E-state index < -0.39 is 187 Å². The Morgan fingerprint density at radius 3 is 0.786 bits per heavy atom. The molecule has 0 unspecified atom stereocenters. The summed E-state index contributed by atoms with van der Waals surface area (Å²) in [5.74, 6) is 0. The minimum atomic E-state index is -1.96. The van der Waals surface area contributed by atoms with Gasteiger partial charge in [-0.05, 0) is 0 Å². The smallest absolute Gasteiger partial charge is 0.186 e. The van der Waals surface area contributed by atoms with E-state index in [-0.39, 0.29) is 0 Å².